The first-order valence-corrected chi connectivity index (χ1v) is 6.50. The van der Waals surface area contributed by atoms with E-state index in [-0.39, 0.29) is 6.04 Å². The highest BCUT2D eigenvalue weighted by atomic mass is 16.5. The van der Waals surface area contributed by atoms with E-state index in [9.17, 15) is 0 Å². The van der Waals surface area contributed by atoms with Crippen molar-refractivity contribution >= 4 is 0 Å². The van der Waals surface area contributed by atoms with Crippen LogP contribution in [-0.2, 0) is 4.74 Å². The molecule has 2 rings (SSSR count). The van der Waals surface area contributed by atoms with Gasteiger partial charge in [0.15, 0.2) is 11.5 Å². The Morgan fingerprint density at radius 1 is 1.26 bits per heavy atom. The Morgan fingerprint density at radius 3 is 2.68 bits per heavy atom. The van der Waals surface area contributed by atoms with E-state index in [1.807, 2.05) is 25.4 Å². The lowest BCUT2D eigenvalue weighted by atomic mass is 9.94. The minimum atomic E-state index is 0.0883. The molecule has 1 atom stereocenters. The van der Waals surface area contributed by atoms with Gasteiger partial charge in [-0.15, -0.1) is 0 Å². The number of ether oxygens (including phenoxy) is 3. The molecule has 0 radical (unpaired) electrons. The summed E-state index contributed by atoms with van der Waals surface area (Å²) >= 11 is 0. The molecule has 1 aliphatic heterocycles. The summed E-state index contributed by atoms with van der Waals surface area (Å²) in [7, 11) is 5.26. The molecule has 0 spiro atoms. The van der Waals surface area contributed by atoms with E-state index in [1.54, 1.807) is 14.2 Å². The van der Waals surface area contributed by atoms with Crippen LogP contribution in [0.4, 0.5) is 0 Å². The molecule has 1 aromatic carbocycles. The van der Waals surface area contributed by atoms with Crippen molar-refractivity contribution < 1.29 is 14.2 Å². The number of hydrogen-bond donors (Lipinski definition) is 1. The number of nitrogens with one attached hydrogen (secondary N) is 1. The molecular formula is C15H21NO3. The Morgan fingerprint density at radius 2 is 2.11 bits per heavy atom. The third kappa shape index (κ3) is 2.84. The fourth-order valence-corrected chi connectivity index (χ4v) is 2.48. The van der Waals surface area contributed by atoms with E-state index in [2.05, 4.69) is 11.4 Å². The quantitative estimate of drug-likeness (QED) is 0.886. The van der Waals surface area contributed by atoms with Gasteiger partial charge in [-0.3, -0.25) is 0 Å². The number of benzene rings is 1. The summed E-state index contributed by atoms with van der Waals surface area (Å²) in [6, 6.07) is 6.02. The molecule has 1 aromatic rings. The summed E-state index contributed by atoms with van der Waals surface area (Å²) in [4.78, 5) is 0. The summed E-state index contributed by atoms with van der Waals surface area (Å²) < 4.78 is 16.3. The zero-order valence-electron chi connectivity index (χ0n) is 11.7. The van der Waals surface area contributed by atoms with Gasteiger partial charge in [0, 0.05) is 5.56 Å². The van der Waals surface area contributed by atoms with E-state index >= 15 is 0 Å². The maximum absolute atomic E-state index is 5.51. The van der Waals surface area contributed by atoms with Crippen molar-refractivity contribution in [2.75, 3.05) is 27.9 Å². The molecule has 1 unspecified atom stereocenters. The van der Waals surface area contributed by atoms with Crippen LogP contribution < -0.4 is 14.8 Å². The van der Waals surface area contributed by atoms with Crippen LogP contribution in [0.15, 0.2) is 30.0 Å². The van der Waals surface area contributed by atoms with Crippen LogP contribution in [0.2, 0.25) is 0 Å². The van der Waals surface area contributed by atoms with E-state index in [0.29, 0.717) is 0 Å². The Bertz CT molecular complexity index is 457. The minimum absolute atomic E-state index is 0.0883. The second-order valence-electron chi connectivity index (χ2n) is 4.47. The Labute approximate surface area is 114 Å². The maximum Gasteiger partial charge on any atom is 0.165 e. The summed E-state index contributed by atoms with van der Waals surface area (Å²) in [6.45, 7) is 0.801. The number of methoxy groups -OCH3 is 2. The summed E-state index contributed by atoms with van der Waals surface area (Å²) in [5.74, 6) is 1.52. The summed E-state index contributed by atoms with van der Waals surface area (Å²) in [5, 5.41) is 3.33. The number of para-hydroxylation sites is 1. The van der Waals surface area contributed by atoms with Crippen LogP contribution >= 0.6 is 0 Å². The second kappa shape index (κ2) is 6.48. The zero-order valence-corrected chi connectivity index (χ0v) is 11.7. The van der Waals surface area contributed by atoms with Gasteiger partial charge < -0.3 is 19.5 Å². The summed E-state index contributed by atoms with van der Waals surface area (Å²) in [5.41, 5.74) is 2.31. The third-order valence-electron chi connectivity index (χ3n) is 3.37. The van der Waals surface area contributed by atoms with Crippen LogP contribution in [0, 0.1) is 0 Å². The number of likely N-dealkylation sites (N-methyl/N-ethyl adjacent to an activating group) is 1. The van der Waals surface area contributed by atoms with Gasteiger partial charge in [-0.1, -0.05) is 12.1 Å². The SMILES string of the molecule is CNC(C1=COCCC1)c1cccc(OC)c1OC. The van der Waals surface area contributed by atoms with Crippen LogP contribution in [0.1, 0.15) is 24.4 Å². The van der Waals surface area contributed by atoms with Gasteiger partial charge in [0.25, 0.3) is 0 Å². The molecule has 0 saturated heterocycles. The van der Waals surface area contributed by atoms with E-state index in [1.165, 1.54) is 5.57 Å². The molecule has 0 amide bonds. The molecule has 19 heavy (non-hydrogen) atoms. The fourth-order valence-electron chi connectivity index (χ4n) is 2.48. The number of rotatable bonds is 5. The topological polar surface area (TPSA) is 39.7 Å². The van der Waals surface area contributed by atoms with Crippen molar-refractivity contribution in [2.45, 2.75) is 18.9 Å². The van der Waals surface area contributed by atoms with Crippen molar-refractivity contribution in [3.8, 4) is 11.5 Å². The van der Waals surface area contributed by atoms with Crippen LogP contribution in [0.5, 0.6) is 11.5 Å². The van der Waals surface area contributed by atoms with Gasteiger partial charge in [0.05, 0.1) is 33.1 Å². The van der Waals surface area contributed by atoms with Crippen molar-refractivity contribution in [2.24, 2.45) is 0 Å². The first-order chi connectivity index (χ1) is 9.31. The van der Waals surface area contributed by atoms with Crippen LogP contribution in [0.3, 0.4) is 0 Å². The molecule has 0 aromatic heterocycles. The van der Waals surface area contributed by atoms with E-state index in [0.717, 1.165) is 36.5 Å². The van der Waals surface area contributed by atoms with E-state index in [4.69, 9.17) is 14.2 Å². The van der Waals surface area contributed by atoms with Crippen molar-refractivity contribution in [3.05, 3.63) is 35.6 Å². The Kier molecular flexibility index (Phi) is 4.68. The lowest BCUT2D eigenvalue weighted by Crippen LogP contribution is -2.21. The van der Waals surface area contributed by atoms with Crippen molar-refractivity contribution in [1.82, 2.24) is 5.32 Å². The molecule has 104 valence electrons. The maximum atomic E-state index is 5.51. The predicted octanol–water partition coefficient (Wildman–Crippen LogP) is 2.66. The van der Waals surface area contributed by atoms with E-state index < -0.39 is 0 Å². The molecule has 0 fully saturated rings. The fraction of sp³-hybridized carbons (Fsp3) is 0.467. The standard InChI is InChI=1S/C15H21NO3/c1-16-14(11-6-5-9-19-10-11)12-7-4-8-13(17-2)15(12)18-3/h4,7-8,10,14,16H,5-6,9H2,1-3H3. The second-order valence-corrected chi connectivity index (χ2v) is 4.47. The molecule has 0 saturated carbocycles. The third-order valence-corrected chi connectivity index (χ3v) is 3.37. The average molecular weight is 263 g/mol. The predicted molar refractivity (Wildman–Crippen MR) is 74.6 cm³/mol. The van der Waals surface area contributed by atoms with Crippen LogP contribution in [0.25, 0.3) is 0 Å². The molecule has 4 nitrogen and oxygen atoms in total. The van der Waals surface area contributed by atoms with Crippen molar-refractivity contribution in [3.63, 3.8) is 0 Å². The monoisotopic (exact) mass is 263 g/mol. The molecule has 0 aliphatic carbocycles. The highest BCUT2D eigenvalue weighted by Gasteiger charge is 2.22. The summed E-state index contributed by atoms with van der Waals surface area (Å²) in [6.07, 6.45) is 3.95. The molecular weight excluding hydrogens is 242 g/mol. The minimum Gasteiger partial charge on any atom is -0.501 e. The lowest BCUT2D eigenvalue weighted by Gasteiger charge is -2.25. The largest absolute Gasteiger partial charge is 0.501 e. The number of hydrogen-bond acceptors (Lipinski definition) is 4. The van der Waals surface area contributed by atoms with Gasteiger partial charge in [0.2, 0.25) is 0 Å². The van der Waals surface area contributed by atoms with Crippen molar-refractivity contribution in [1.29, 1.82) is 0 Å². The molecule has 1 heterocycles. The Balaban J connectivity index is 2.40. The average Bonchev–Trinajstić information content (AvgIpc) is 2.48. The van der Waals surface area contributed by atoms with Gasteiger partial charge in [-0.2, -0.15) is 0 Å². The Hall–Kier alpha value is -1.68. The van der Waals surface area contributed by atoms with Gasteiger partial charge in [0.1, 0.15) is 0 Å². The first-order valence-electron chi connectivity index (χ1n) is 6.50. The first kappa shape index (κ1) is 13.7. The molecule has 1 N–H and O–H groups in total. The smallest absolute Gasteiger partial charge is 0.165 e. The van der Waals surface area contributed by atoms with Gasteiger partial charge in [-0.05, 0) is 31.5 Å². The van der Waals surface area contributed by atoms with Gasteiger partial charge in [-0.25, -0.2) is 0 Å². The highest BCUT2D eigenvalue weighted by Crippen LogP contribution is 2.38. The molecule has 4 heteroatoms. The lowest BCUT2D eigenvalue weighted by molar-refractivity contribution is 0.219. The van der Waals surface area contributed by atoms with Crippen LogP contribution in [-0.4, -0.2) is 27.9 Å². The van der Waals surface area contributed by atoms with Gasteiger partial charge >= 0.3 is 0 Å². The molecule has 1 aliphatic rings. The molecule has 0 bridgehead atoms. The normalized spacial score (nSPS) is 16.3. The highest BCUT2D eigenvalue weighted by molar-refractivity contribution is 5.50. The zero-order chi connectivity index (χ0) is 13.7.